The van der Waals surface area contributed by atoms with Gasteiger partial charge in [0.25, 0.3) is 17.7 Å². The van der Waals surface area contributed by atoms with Crippen molar-refractivity contribution in [2.45, 2.75) is 13.8 Å². The molecule has 4 aromatic carbocycles. The minimum atomic E-state index is -1.79. The van der Waals surface area contributed by atoms with E-state index in [-0.39, 0.29) is 5.84 Å². The number of para-hydroxylation sites is 4. The molecule has 3 atom stereocenters. The van der Waals surface area contributed by atoms with Gasteiger partial charge in [-0.2, -0.15) is 15.2 Å². The average Bonchev–Trinajstić information content (AvgIpc) is 3.66. The van der Waals surface area contributed by atoms with Gasteiger partial charge in [0.1, 0.15) is 23.1 Å². The van der Waals surface area contributed by atoms with E-state index in [2.05, 4.69) is 10.5 Å². The van der Waals surface area contributed by atoms with Crippen molar-refractivity contribution in [2.75, 3.05) is 15.0 Å². The van der Waals surface area contributed by atoms with Crippen LogP contribution in [0.25, 0.3) is 0 Å². The summed E-state index contributed by atoms with van der Waals surface area (Å²) in [5.41, 5.74) is 4.33. The number of hydrogen-bond donors (Lipinski definition) is 1. The second-order valence-corrected chi connectivity index (χ2v) is 11.1. The molecule has 1 saturated heterocycles. The summed E-state index contributed by atoms with van der Waals surface area (Å²) in [6.45, 7) is 3.42. The van der Waals surface area contributed by atoms with Crippen LogP contribution >= 0.6 is 0 Å². The molecule has 0 unspecified atom stereocenters. The zero-order valence-electron chi connectivity index (χ0n) is 24.6. The summed E-state index contributed by atoms with van der Waals surface area (Å²) in [4.78, 5) is 49.2. The topological polar surface area (TPSA) is 110 Å². The smallest absolute Gasteiger partial charge is 0.261 e. The highest BCUT2D eigenvalue weighted by Gasteiger charge is 2.69. The lowest BCUT2D eigenvalue weighted by Crippen LogP contribution is -2.58. The number of benzene rings is 4. The molecule has 0 saturated carbocycles. The fraction of sp³-hybridized carbons (Fsp3) is 0.143. The molecule has 10 heteroatoms. The lowest BCUT2D eigenvalue weighted by molar-refractivity contribution is -0.136. The summed E-state index contributed by atoms with van der Waals surface area (Å²) in [6, 6.07) is 36.3. The Balaban J connectivity index is 1.45. The van der Waals surface area contributed by atoms with E-state index in [0.29, 0.717) is 34.2 Å². The minimum absolute atomic E-state index is 0.228. The first-order valence-corrected chi connectivity index (χ1v) is 14.6. The van der Waals surface area contributed by atoms with E-state index in [0.717, 1.165) is 0 Å². The molecule has 3 amide bonds. The van der Waals surface area contributed by atoms with Crippen LogP contribution in [0.1, 0.15) is 13.8 Å². The number of amides is 3. The van der Waals surface area contributed by atoms with Crippen molar-refractivity contribution in [1.82, 2.24) is 5.43 Å². The van der Waals surface area contributed by atoms with Gasteiger partial charge in [0.15, 0.2) is 0 Å². The van der Waals surface area contributed by atoms with Gasteiger partial charge in [-0.15, -0.1) is 0 Å². The summed E-state index contributed by atoms with van der Waals surface area (Å²) < 4.78 is 0. The molecular weight excluding hydrogens is 566 g/mol. The Kier molecular flexibility index (Phi) is 6.81. The summed E-state index contributed by atoms with van der Waals surface area (Å²) in [7, 11) is 0. The molecule has 10 nitrogen and oxygen atoms in total. The molecule has 3 aliphatic heterocycles. The maximum Gasteiger partial charge on any atom is 0.261 e. The summed E-state index contributed by atoms with van der Waals surface area (Å²) in [6.07, 6.45) is 0. The molecule has 4 aromatic rings. The molecule has 1 fully saturated rings. The van der Waals surface area contributed by atoms with E-state index >= 15 is 4.79 Å². The molecule has 3 heterocycles. The van der Waals surface area contributed by atoms with Crippen molar-refractivity contribution in [3.63, 3.8) is 0 Å². The van der Waals surface area contributed by atoms with Crippen LogP contribution in [0.3, 0.4) is 0 Å². The van der Waals surface area contributed by atoms with Gasteiger partial charge in [-0.1, -0.05) is 72.8 Å². The SMILES string of the molecule is CC1=NN(c2ccccc2)C(=O)[C@@H]1[C@@]1([C@@H]2C(=O)N(c3ccccc3)NC2=Nc2ccccc2)C(=O)N(c2ccccc2)N=C1C. The zero-order valence-corrected chi connectivity index (χ0v) is 24.6. The summed E-state index contributed by atoms with van der Waals surface area (Å²) >= 11 is 0. The first kappa shape index (κ1) is 27.9. The van der Waals surface area contributed by atoms with Crippen molar-refractivity contribution < 1.29 is 14.4 Å². The number of amidine groups is 1. The number of hydrazine groups is 1. The van der Waals surface area contributed by atoms with Crippen LogP contribution in [0.2, 0.25) is 0 Å². The third-order valence-electron chi connectivity index (χ3n) is 8.43. The zero-order chi connectivity index (χ0) is 31.1. The predicted octanol–water partition coefficient (Wildman–Crippen LogP) is 5.33. The number of nitrogens with zero attached hydrogens (tertiary/aromatic N) is 6. The van der Waals surface area contributed by atoms with E-state index in [1.807, 2.05) is 72.8 Å². The number of nitrogens with one attached hydrogen (secondary N) is 1. The van der Waals surface area contributed by atoms with E-state index in [1.165, 1.54) is 15.0 Å². The third kappa shape index (κ3) is 4.41. The fourth-order valence-corrected chi connectivity index (χ4v) is 6.42. The number of carbonyl (C=O) groups excluding carboxylic acids is 3. The summed E-state index contributed by atoms with van der Waals surface area (Å²) in [5, 5.41) is 13.4. The monoisotopic (exact) mass is 595 g/mol. The second kappa shape index (κ2) is 11.0. The predicted molar refractivity (Wildman–Crippen MR) is 174 cm³/mol. The molecule has 7 rings (SSSR count). The van der Waals surface area contributed by atoms with Crippen LogP contribution in [0.4, 0.5) is 22.7 Å². The van der Waals surface area contributed by atoms with Gasteiger partial charge in [-0.25, -0.2) is 15.0 Å². The van der Waals surface area contributed by atoms with Crippen molar-refractivity contribution in [3.05, 3.63) is 121 Å². The Morgan fingerprint density at radius 2 is 1.13 bits per heavy atom. The van der Waals surface area contributed by atoms with E-state index < -0.39 is 35.0 Å². The lowest BCUT2D eigenvalue weighted by Gasteiger charge is -2.36. The first-order valence-electron chi connectivity index (χ1n) is 14.6. The van der Waals surface area contributed by atoms with Crippen LogP contribution < -0.4 is 20.5 Å². The van der Waals surface area contributed by atoms with Crippen LogP contribution in [0.15, 0.2) is 137 Å². The van der Waals surface area contributed by atoms with Gasteiger partial charge in [-0.3, -0.25) is 19.8 Å². The average molecular weight is 596 g/mol. The van der Waals surface area contributed by atoms with Gasteiger partial charge in [0, 0.05) is 5.71 Å². The van der Waals surface area contributed by atoms with Crippen LogP contribution in [-0.2, 0) is 14.4 Å². The van der Waals surface area contributed by atoms with Gasteiger partial charge >= 0.3 is 0 Å². The van der Waals surface area contributed by atoms with E-state index in [1.54, 1.807) is 62.4 Å². The van der Waals surface area contributed by atoms with Crippen molar-refractivity contribution in [3.8, 4) is 0 Å². The fourth-order valence-electron chi connectivity index (χ4n) is 6.42. The van der Waals surface area contributed by atoms with Crippen LogP contribution in [0.5, 0.6) is 0 Å². The Hall–Kier alpha value is -5.90. The Morgan fingerprint density at radius 3 is 1.71 bits per heavy atom. The number of carbonyl (C=O) groups is 3. The molecular formula is C35H29N7O3. The normalized spacial score (nSPS) is 23.9. The number of anilines is 3. The van der Waals surface area contributed by atoms with Gasteiger partial charge in [0.2, 0.25) is 0 Å². The van der Waals surface area contributed by atoms with E-state index in [4.69, 9.17) is 10.1 Å². The number of hydrazone groups is 2. The first-order chi connectivity index (χ1) is 21.9. The molecule has 45 heavy (non-hydrogen) atoms. The number of rotatable bonds is 6. The molecule has 0 aromatic heterocycles. The number of hydrogen-bond acceptors (Lipinski definition) is 6. The molecule has 222 valence electrons. The highest BCUT2D eigenvalue weighted by atomic mass is 16.2. The van der Waals surface area contributed by atoms with Crippen molar-refractivity contribution >= 4 is 57.7 Å². The molecule has 0 radical (unpaired) electrons. The largest absolute Gasteiger partial charge is 0.277 e. The van der Waals surface area contributed by atoms with Gasteiger partial charge in [0.05, 0.1) is 28.5 Å². The van der Waals surface area contributed by atoms with Crippen molar-refractivity contribution in [2.24, 2.45) is 32.4 Å². The quantitative estimate of drug-likeness (QED) is 0.325. The highest BCUT2D eigenvalue weighted by Crippen LogP contribution is 2.51. The Bertz CT molecular complexity index is 1880. The molecule has 0 spiro atoms. The third-order valence-corrected chi connectivity index (χ3v) is 8.43. The van der Waals surface area contributed by atoms with Crippen LogP contribution in [0, 0.1) is 17.3 Å². The van der Waals surface area contributed by atoms with Crippen LogP contribution in [-0.4, -0.2) is 35.0 Å². The maximum absolute atomic E-state index is 15.1. The molecule has 0 aliphatic carbocycles. The summed E-state index contributed by atoms with van der Waals surface area (Å²) in [5.74, 6) is -3.53. The minimum Gasteiger partial charge on any atom is -0.277 e. The highest BCUT2D eigenvalue weighted by molar-refractivity contribution is 6.34. The van der Waals surface area contributed by atoms with Gasteiger partial charge in [-0.05, 0) is 62.4 Å². The van der Waals surface area contributed by atoms with Crippen molar-refractivity contribution in [1.29, 1.82) is 0 Å². The molecule has 0 bridgehead atoms. The molecule has 1 N–H and O–H groups in total. The standard InChI is InChI=1S/C35H29N7O3/c1-23-29(32(43)40(37-23)26-17-9-4-10-18-26)35(24(2)38-42(34(35)45)28-21-13-6-14-22-28)30-31(36-25-15-7-3-8-16-25)39-41(33(30)44)27-19-11-5-12-20-27/h3-22,29-30H,1-2H3,(H,36,39)/t29-,30+,35+/m1/s1. The molecule has 3 aliphatic rings. The Labute approximate surface area is 260 Å². The maximum atomic E-state index is 15.1. The second-order valence-electron chi connectivity index (χ2n) is 11.1. The Morgan fingerprint density at radius 1 is 0.622 bits per heavy atom. The number of aliphatic imine (C=N–C) groups is 1. The van der Waals surface area contributed by atoms with Gasteiger partial charge < -0.3 is 0 Å². The lowest BCUT2D eigenvalue weighted by atomic mass is 9.61. The van der Waals surface area contributed by atoms with E-state index in [9.17, 15) is 9.59 Å².